The number of ether oxygens (including phenoxy) is 2. The minimum atomic E-state index is -1.03. The quantitative estimate of drug-likeness (QED) is 0.362. The van der Waals surface area contributed by atoms with Crippen molar-refractivity contribution in [2.45, 2.75) is 43.9 Å². The number of amides is 1. The second-order valence-corrected chi connectivity index (χ2v) is 10.4. The van der Waals surface area contributed by atoms with Crippen LogP contribution >= 0.6 is 11.6 Å². The van der Waals surface area contributed by atoms with Crippen LogP contribution in [0.15, 0.2) is 42.5 Å². The van der Waals surface area contributed by atoms with E-state index in [4.69, 9.17) is 21.1 Å². The van der Waals surface area contributed by atoms with Gasteiger partial charge in [0.1, 0.15) is 11.9 Å². The van der Waals surface area contributed by atoms with Crippen LogP contribution in [0.5, 0.6) is 5.75 Å². The van der Waals surface area contributed by atoms with Gasteiger partial charge in [0.05, 0.1) is 30.4 Å². The zero-order valence-corrected chi connectivity index (χ0v) is 21.7. The minimum absolute atomic E-state index is 0.212. The highest BCUT2D eigenvalue weighted by Gasteiger charge is 2.30. The average Bonchev–Trinajstić information content (AvgIpc) is 3.60. The lowest BCUT2D eigenvalue weighted by Gasteiger charge is -2.29. The second kappa shape index (κ2) is 11.8. The molecule has 5 rings (SSSR count). The van der Waals surface area contributed by atoms with Crippen molar-refractivity contribution in [2.75, 3.05) is 50.8 Å². The summed E-state index contributed by atoms with van der Waals surface area (Å²) in [6, 6.07) is 11.6. The molecule has 37 heavy (non-hydrogen) atoms. The number of halogens is 1. The van der Waals surface area contributed by atoms with Crippen LogP contribution in [-0.2, 0) is 9.53 Å². The van der Waals surface area contributed by atoms with E-state index in [9.17, 15) is 14.7 Å². The van der Waals surface area contributed by atoms with Gasteiger partial charge in [0.2, 0.25) is 5.78 Å². The Morgan fingerprint density at radius 3 is 2.41 bits per heavy atom. The highest BCUT2D eigenvalue weighted by Crippen LogP contribution is 2.34. The lowest BCUT2D eigenvalue weighted by molar-refractivity contribution is -0.118. The largest absolute Gasteiger partial charge is 0.489 e. The topological polar surface area (TPSA) is 91.3 Å². The normalized spacial score (nSPS) is 19.9. The van der Waals surface area contributed by atoms with E-state index in [2.05, 4.69) is 15.1 Å². The predicted molar refractivity (Wildman–Crippen MR) is 141 cm³/mol. The maximum absolute atomic E-state index is 13.0. The van der Waals surface area contributed by atoms with Crippen molar-refractivity contribution in [3.8, 4) is 5.75 Å². The molecular weight excluding hydrogens is 494 g/mol. The lowest BCUT2D eigenvalue weighted by atomic mass is 10.0. The Bertz CT molecular complexity index is 1100. The standard InChI is InChI=1S/C28H34ClN3O5/c29-23-17-20(5-10-25(23)37-22-8-9-22)26(33)24(18-31-11-1-2-12-31)30-28(35)27(34)19-3-6-21(7-4-19)32-13-15-36-16-14-32/h3-7,10,17,22,24,26,33H,1-2,8-9,11-16,18H2,(H,30,35). The molecular formula is C28H34ClN3O5. The number of aliphatic hydroxyl groups excluding tert-OH is 1. The number of morpholine rings is 1. The van der Waals surface area contributed by atoms with E-state index in [1.165, 1.54) is 0 Å². The predicted octanol–water partition coefficient (Wildman–Crippen LogP) is 3.21. The summed E-state index contributed by atoms with van der Waals surface area (Å²) in [4.78, 5) is 30.4. The van der Waals surface area contributed by atoms with E-state index < -0.39 is 23.8 Å². The van der Waals surface area contributed by atoms with Crippen molar-refractivity contribution in [1.29, 1.82) is 0 Å². The monoisotopic (exact) mass is 527 g/mol. The van der Waals surface area contributed by atoms with Gasteiger partial charge in [-0.15, -0.1) is 0 Å². The number of rotatable bonds is 10. The molecule has 0 spiro atoms. The molecule has 3 aliphatic rings. The van der Waals surface area contributed by atoms with Crippen molar-refractivity contribution in [3.05, 3.63) is 58.6 Å². The molecule has 2 unspecified atom stereocenters. The molecule has 2 atom stereocenters. The molecule has 3 fully saturated rings. The Balaban J connectivity index is 1.27. The first-order chi connectivity index (χ1) is 18.0. The molecule has 2 aromatic carbocycles. The maximum Gasteiger partial charge on any atom is 0.292 e. The van der Waals surface area contributed by atoms with Crippen molar-refractivity contribution < 1.29 is 24.2 Å². The van der Waals surface area contributed by atoms with Gasteiger partial charge in [0, 0.05) is 30.9 Å². The third-order valence-corrected chi connectivity index (χ3v) is 7.47. The van der Waals surface area contributed by atoms with Crippen LogP contribution in [0.2, 0.25) is 5.02 Å². The molecule has 2 saturated heterocycles. The summed E-state index contributed by atoms with van der Waals surface area (Å²) in [6.07, 6.45) is 3.37. The number of carbonyl (C=O) groups is 2. The maximum atomic E-state index is 13.0. The van der Waals surface area contributed by atoms with Gasteiger partial charge in [-0.3, -0.25) is 9.59 Å². The number of nitrogens with zero attached hydrogens (tertiary/aromatic N) is 2. The van der Waals surface area contributed by atoms with Gasteiger partial charge >= 0.3 is 0 Å². The first-order valence-electron chi connectivity index (χ1n) is 13.1. The van der Waals surface area contributed by atoms with E-state index in [0.717, 1.165) is 57.5 Å². The van der Waals surface area contributed by atoms with Crippen LogP contribution in [0.25, 0.3) is 0 Å². The molecule has 8 nitrogen and oxygen atoms in total. The van der Waals surface area contributed by atoms with E-state index in [-0.39, 0.29) is 6.10 Å². The SMILES string of the molecule is O=C(NC(CN1CCCC1)C(O)c1ccc(OC2CC2)c(Cl)c1)C(=O)c1ccc(N2CCOCC2)cc1. The third-order valence-electron chi connectivity index (χ3n) is 7.18. The molecule has 0 aromatic heterocycles. The Kier molecular flexibility index (Phi) is 8.30. The molecule has 2 aliphatic heterocycles. The molecule has 1 amide bonds. The Morgan fingerprint density at radius 2 is 1.76 bits per heavy atom. The summed E-state index contributed by atoms with van der Waals surface area (Å²) in [5, 5.41) is 14.5. The summed E-state index contributed by atoms with van der Waals surface area (Å²) >= 11 is 6.43. The summed E-state index contributed by atoms with van der Waals surface area (Å²) in [5.41, 5.74) is 1.88. The number of nitrogens with one attached hydrogen (secondary N) is 1. The number of anilines is 1. The zero-order chi connectivity index (χ0) is 25.8. The first-order valence-corrected chi connectivity index (χ1v) is 13.5. The smallest absolute Gasteiger partial charge is 0.292 e. The van der Waals surface area contributed by atoms with Crippen LogP contribution in [0.4, 0.5) is 5.69 Å². The number of hydrogen-bond acceptors (Lipinski definition) is 7. The summed E-state index contributed by atoms with van der Waals surface area (Å²) in [6.45, 7) is 5.16. The number of carbonyl (C=O) groups excluding carboxylic acids is 2. The van der Waals surface area contributed by atoms with Crippen molar-refractivity contribution >= 4 is 29.0 Å². The van der Waals surface area contributed by atoms with Crippen molar-refractivity contribution in [1.82, 2.24) is 10.2 Å². The molecule has 9 heteroatoms. The van der Waals surface area contributed by atoms with Crippen molar-refractivity contribution in [2.24, 2.45) is 0 Å². The molecule has 0 radical (unpaired) electrons. The third kappa shape index (κ3) is 6.62. The fourth-order valence-electron chi connectivity index (χ4n) is 4.87. The van der Waals surface area contributed by atoms with Crippen LogP contribution < -0.4 is 15.0 Å². The van der Waals surface area contributed by atoms with Crippen LogP contribution in [0.3, 0.4) is 0 Å². The van der Waals surface area contributed by atoms with E-state index in [1.807, 2.05) is 12.1 Å². The van der Waals surface area contributed by atoms with Gasteiger partial charge in [-0.25, -0.2) is 0 Å². The van der Waals surface area contributed by atoms with E-state index in [0.29, 0.717) is 41.7 Å². The number of likely N-dealkylation sites (tertiary alicyclic amines) is 1. The Morgan fingerprint density at radius 1 is 1.05 bits per heavy atom. The second-order valence-electron chi connectivity index (χ2n) is 10.0. The van der Waals surface area contributed by atoms with Gasteiger partial charge < -0.3 is 29.7 Å². The minimum Gasteiger partial charge on any atom is -0.489 e. The number of hydrogen-bond donors (Lipinski definition) is 2. The zero-order valence-electron chi connectivity index (χ0n) is 20.9. The number of aliphatic hydroxyl groups is 1. The molecule has 0 bridgehead atoms. The number of Topliss-reactive ketones (excluding diaryl/α,β-unsaturated/α-hetero) is 1. The van der Waals surface area contributed by atoms with Crippen LogP contribution in [0, 0.1) is 0 Å². The van der Waals surface area contributed by atoms with Crippen LogP contribution in [-0.4, -0.2) is 79.8 Å². The highest BCUT2D eigenvalue weighted by atomic mass is 35.5. The highest BCUT2D eigenvalue weighted by molar-refractivity contribution is 6.42. The van der Waals surface area contributed by atoms with Crippen LogP contribution in [0.1, 0.15) is 47.7 Å². The van der Waals surface area contributed by atoms with Gasteiger partial charge in [-0.1, -0.05) is 17.7 Å². The molecule has 198 valence electrons. The summed E-state index contributed by atoms with van der Waals surface area (Å²) in [7, 11) is 0. The molecule has 1 saturated carbocycles. The van der Waals surface area contributed by atoms with Gasteiger partial charge in [0.15, 0.2) is 0 Å². The van der Waals surface area contributed by atoms with Crippen molar-refractivity contribution in [3.63, 3.8) is 0 Å². The van der Waals surface area contributed by atoms with Gasteiger partial charge in [0.25, 0.3) is 5.91 Å². The van der Waals surface area contributed by atoms with Gasteiger partial charge in [-0.05, 0) is 80.7 Å². The molecule has 2 aromatic rings. The lowest BCUT2D eigenvalue weighted by Crippen LogP contribution is -2.48. The molecule has 1 aliphatic carbocycles. The molecule has 2 N–H and O–H groups in total. The number of ketones is 1. The number of benzene rings is 2. The fourth-order valence-corrected chi connectivity index (χ4v) is 5.11. The Labute approximate surface area is 222 Å². The Hall–Kier alpha value is -2.65. The van der Waals surface area contributed by atoms with Gasteiger partial charge in [-0.2, -0.15) is 0 Å². The average molecular weight is 528 g/mol. The fraction of sp³-hybridized carbons (Fsp3) is 0.500. The summed E-state index contributed by atoms with van der Waals surface area (Å²) < 4.78 is 11.2. The molecule has 2 heterocycles. The first kappa shape index (κ1) is 26.0. The van der Waals surface area contributed by atoms with E-state index >= 15 is 0 Å². The van der Waals surface area contributed by atoms with E-state index in [1.54, 1.807) is 30.3 Å². The summed E-state index contributed by atoms with van der Waals surface area (Å²) in [5.74, 6) is -0.767.